The second-order valence-corrected chi connectivity index (χ2v) is 3.58. The van der Waals surface area contributed by atoms with Gasteiger partial charge in [0.25, 0.3) is 5.56 Å². The number of aromatic nitrogens is 2. The summed E-state index contributed by atoms with van der Waals surface area (Å²) in [6, 6.07) is 1.07. The van der Waals surface area contributed by atoms with E-state index in [0.717, 1.165) is 16.8 Å². The summed E-state index contributed by atoms with van der Waals surface area (Å²) >= 11 is 0. The van der Waals surface area contributed by atoms with E-state index in [9.17, 15) is 19.1 Å². The molecule has 0 aromatic carbocycles. The SMILES string of the molecule is CO[C@H]1O[C@@H](n2ccc(=O)[nH]c2=O)C(O)C1F. The van der Waals surface area contributed by atoms with Crippen LogP contribution in [-0.2, 0) is 9.47 Å². The Hall–Kier alpha value is -1.51. The second kappa shape index (κ2) is 4.40. The van der Waals surface area contributed by atoms with E-state index in [2.05, 4.69) is 4.74 Å². The van der Waals surface area contributed by atoms with Gasteiger partial charge in [-0.15, -0.1) is 0 Å². The van der Waals surface area contributed by atoms with Crippen molar-refractivity contribution < 1.29 is 19.0 Å². The monoisotopic (exact) mass is 246 g/mol. The summed E-state index contributed by atoms with van der Waals surface area (Å²) in [5.41, 5.74) is -1.37. The molecule has 0 saturated carbocycles. The Bertz CT molecular complexity index is 513. The molecule has 1 aromatic heterocycles. The van der Waals surface area contributed by atoms with Crippen molar-refractivity contribution in [2.45, 2.75) is 24.8 Å². The minimum absolute atomic E-state index is 0.584. The molecule has 8 heteroatoms. The molecule has 1 aromatic rings. The number of halogens is 1. The van der Waals surface area contributed by atoms with Crippen LogP contribution in [0.25, 0.3) is 0 Å². The molecule has 0 radical (unpaired) electrons. The zero-order valence-corrected chi connectivity index (χ0v) is 8.87. The number of hydrogen-bond donors (Lipinski definition) is 2. The molecule has 0 bridgehead atoms. The van der Waals surface area contributed by atoms with Gasteiger partial charge < -0.3 is 14.6 Å². The topological polar surface area (TPSA) is 93.5 Å². The van der Waals surface area contributed by atoms with E-state index in [0.29, 0.717) is 0 Å². The normalized spacial score (nSPS) is 32.9. The Labute approximate surface area is 94.4 Å². The number of alkyl halides is 1. The van der Waals surface area contributed by atoms with Crippen LogP contribution in [0.3, 0.4) is 0 Å². The van der Waals surface area contributed by atoms with Crippen molar-refractivity contribution >= 4 is 0 Å². The molecule has 4 atom stereocenters. The fourth-order valence-electron chi connectivity index (χ4n) is 1.65. The van der Waals surface area contributed by atoms with E-state index < -0.39 is 36.0 Å². The smallest absolute Gasteiger partial charge is 0.330 e. The van der Waals surface area contributed by atoms with Gasteiger partial charge in [0.05, 0.1) is 0 Å². The number of aliphatic hydroxyl groups is 1. The van der Waals surface area contributed by atoms with Gasteiger partial charge in [-0.25, -0.2) is 9.18 Å². The van der Waals surface area contributed by atoms with Gasteiger partial charge in [0, 0.05) is 19.4 Å². The van der Waals surface area contributed by atoms with Crippen LogP contribution in [-0.4, -0.2) is 40.3 Å². The van der Waals surface area contributed by atoms with Gasteiger partial charge in [-0.3, -0.25) is 14.3 Å². The molecule has 2 unspecified atom stereocenters. The Kier molecular flexibility index (Phi) is 3.09. The van der Waals surface area contributed by atoms with Gasteiger partial charge in [-0.1, -0.05) is 0 Å². The first kappa shape index (κ1) is 12.0. The third-order valence-electron chi connectivity index (χ3n) is 2.51. The highest BCUT2D eigenvalue weighted by Crippen LogP contribution is 2.30. The number of H-pyrrole nitrogens is 1. The number of nitrogens with zero attached hydrogens (tertiary/aromatic N) is 1. The van der Waals surface area contributed by atoms with Gasteiger partial charge in [0.15, 0.2) is 18.7 Å². The molecular formula is C9H11FN2O5. The van der Waals surface area contributed by atoms with Crippen molar-refractivity contribution in [2.24, 2.45) is 0 Å². The number of aliphatic hydroxyl groups excluding tert-OH is 1. The van der Waals surface area contributed by atoms with Crippen LogP contribution in [0.5, 0.6) is 0 Å². The minimum Gasteiger partial charge on any atom is -0.385 e. The van der Waals surface area contributed by atoms with Crippen LogP contribution in [0.4, 0.5) is 4.39 Å². The molecular weight excluding hydrogens is 235 g/mol. The van der Waals surface area contributed by atoms with Crippen molar-refractivity contribution in [3.63, 3.8) is 0 Å². The quantitative estimate of drug-likeness (QED) is 0.679. The first-order valence-electron chi connectivity index (χ1n) is 4.86. The van der Waals surface area contributed by atoms with Gasteiger partial charge >= 0.3 is 5.69 Å². The van der Waals surface area contributed by atoms with Crippen molar-refractivity contribution in [3.05, 3.63) is 33.1 Å². The first-order chi connectivity index (χ1) is 8.04. The van der Waals surface area contributed by atoms with Gasteiger partial charge in [0.2, 0.25) is 0 Å². The minimum atomic E-state index is -1.76. The molecule has 2 N–H and O–H groups in total. The molecule has 1 aliphatic rings. The third kappa shape index (κ3) is 2.02. The van der Waals surface area contributed by atoms with Crippen LogP contribution < -0.4 is 11.2 Å². The third-order valence-corrected chi connectivity index (χ3v) is 2.51. The lowest BCUT2D eigenvalue weighted by atomic mass is 10.2. The highest BCUT2D eigenvalue weighted by Gasteiger charge is 2.45. The summed E-state index contributed by atoms with van der Waals surface area (Å²) in [4.78, 5) is 24.3. The van der Waals surface area contributed by atoms with Crippen molar-refractivity contribution in [2.75, 3.05) is 7.11 Å². The van der Waals surface area contributed by atoms with Gasteiger partial charge in [-0.2, -0.15) is 0 Å². The van der Waals surface area contributed by atoms with Crippen LogP contribution in [0.2, 0.25) is 0 Å². The van der Waals surface area contributed by atoms with E-state index in [1.807, 2.05) is 4.98 Å². The summed E-state index contributed by atoms with van der Waals surface area (Å²) in [5.74, 6) is 0. The average Bonchev–Trinajstić information content (AvgIpc) is 2.57. The van der Waals surface area contributed by atoms with E-state index >= 15 is 0 Å². The fourth-order valence-corrected chi connectivity index (χ4v) is 1.65. The largest absolute Gasteiger partial charge is 0.385 e. The maximum absolute atomic E-state index is 13.4. The van der Waals surface area contributed by atoms with Crippen molar-refractivity contribution in [1.82, 2.24) is 9.55 Å². The predicted octanol–water partition coefficient (Wildman–Crippen LogP) is -1.26. The molecule has 0 amide bonds. The number of hydrogen-bond acceptors (Lipinski definition) is 5. The maximum atomic E-state index is 13.4. The molecule has 1 saturated heterocycles. The van der Waals surface area contributed by atoms with E-state index in [1.54, 1.807) is 0 Å². The van der Waals surface area contributed by atoms with Crippen LogP contribution in [0.15, 0.2) is 21.9 Å². The zero-order valence-electron chi connectivity index (χ0n) is 8.87. The Morgan fingerprint density at radius 3 is 2.82 bits per heavy atom. The number of ether oxygens (including phenoxy) is 2. The lowest BCUT2D eigenvalue weighted by Crippen LogP contribution is -2.36. The molecule has 2 rings (SSSR count). The lowest BCUT2D eigenvalue weighted by molar-refractivity contribution is -0.152. The molecule has 94 valence electrons. The number of rotatable bonds is 2. The summed E-state index contributed by atoms with van der Waals surface area (Å²) in [6.07, 6.45) is -4.64. The Morgan fingerprint density at radius 2 is 2.29 bits per heavy atom. The van der Waals surface area contributed by atoms with E-state index in [1.165, 1.54) is 7.11 Å². The Morgan fingerprint density at radius 1 is 1.59 bits per heavy atom. The molecule has 0 spiro atoms. The lowest BCUT2D eigenvalue weighted by Gasteiger charge is -2.15. The highest BCUT2D eigenvalue weighted by atomic mass is 19.1. The van der Waals surface area contributed by atoms with Crippen LogP contribution >= 0.6 is 0 Å². The second-order valence-electron chi connectivity index (χ2n) is 3.58. The summed E-state index contributed by atoms with van der Waals surface area (Å²) < 4.78 is 24.0. The van der Waals surface area contributed by atoms with Gasteiger partial charge in [0.1, 0.15) is 6.10 Å². The number of methoxy groups -OCH3 is 1. The predicted molar refractivity (Wildman–Crippen MR) is 53.1 cm³/mol. The average molecular weight is 246 g/mol. The fraction of sp³-hybridized carbons (Fsp3) is 0.556. The standard InChI is InChI=1S/C9H11FN2O5/c1-16-8-5(10)6(14)7(17-8)12-3-2-4(13)11-9(12)15/h2-3,5-8,14H,1H3,(H,11,13,15)/t5?,6?,7-,8+/m1/s1. The molecule has 1 aliphatic heterocycles. The summed E-state index contributed by atoms with van der Waals surface area (Å²) in [6.45, 7) is 0. The number of aromatic amines is 1. The molecule has 1 fully saturated rings. The number of nitrogens with one attached hydrogen (secondary N) is 1. The van der Waals surface area contributed by atoms with Crippen molar-refractivity contribution in [1.29, 1.82) is 0 Å². The summed E-state index contributed by atoms with van der Waals surface area (Å²) in [7, 11) is 1.22. The molecule has 2 heterocycles. The molecule has 0 aliphatic carbocycles. The van der Waals surface area contributed by atoms with Crippen LogP contribution in [0.1, 0.15) is 6.23 Å². The highest BCUT2D eigenvalue weighted by molar-refractivity contribution is 4.91. The van der Waals surface area contributed by atoms with E-state index in [4.69, 9.17) is 4.74 Å². The van der Waals surface area contributed by atoms with Crippen molar-refractivity contribution in [3.8, 4) is 0 Å². The maximum Gasteiger partial charge on any atom is 0.330 e. The van der Waals surface area contributed by atoms with Crippen LogP contribution in [0, 0.1) is 0 Å². The zero-order chi connectivity index (χ0) is 12.6. The first-order valence-corrected chi connectivity index (χ1v) is 4.86. The molecule has 7 nitrogen and oxygen atoms in total. The van der Waals surface area contributed by atoms with Gasteiger partial charge in [-0.05, 0) is 0 Å². The Balaban J connectivity index is 2.35. The summed E-state index contributed by atoms with van der Waals surface area (Å²) in [5, 5.41) is 9.57. The van der Waals surface area contributed by atoms with E-state index in [-0.39, 0.29) is 0 Å². The molecule has 17 heavy (non-hydrogen) atoms.